The Bertz CT molecular complexity index is 641. The summed E-state index contributed by atoms with van der Waals surface area (Å²) in [6.45, 7) is 4.76. The first-order valence-electron chi connectivity index (χ1n) is 6.73. The second kappa shape index (κ2) is 6.90. The van der Waals surface area contributed by atoms with Crippen molar-refractivity contribution in [2.24, 2.45) is 10.9 Å². The zero-order valence-corrected chi connectivity index (χ0v) is 12.1. The van der Waals surface area contributed by atoms with Crippen LogP contribution in [0.2, 0.25) is 0 Å². The number of para-hydroxylation sites is 1. The molecule has 0 atom stereocenters. The third kappa shape index (κ3) is 3.61. The average Bonchev–Trinajstić information content (AvgIpc) is 2.50. The molecular formula is C15H19N3O3. The molecular weight excluding hydrogens is 270 g/mol. The van der Waals surface area contributed by atoms with Crippen molar-refractivity contribution in [1.82, 2.24) is 4.98 Å². The molecule has 0 radical (unpaired) electrons. The van der Waals surface area contributed by atoms with E-state index in [4.69, 9.17) is 20.4 Å². The second-order valence-electron chi connectivity index (χ2n) is 4.77. The van der Waals surface area contributed by atoms with E-state index in [9.17, 15) is 0 Å². The van der Waals surface area contributed by atoms with Gasteiger partial charge in [0.25, 0.3) is 0 Å². The van der Waals surface area contributed by atoms with Gasteiger partial charge in [0, 0.05) is 11.6 Å². The monoisotopic (exact) mass is 289 g/mol. The van der Waals surface area contributed by atoms with Crippen LogP contribution in [0.3, 0.4) is 0 Å². The van der Waals surface area contributed by atoms with Gasteiger partial charge in [-0.3, -0.25) is 4.98 Å². The maximum absolute atomic E-state index is 8.88. The van der Waals surface area contributed by atoms with Crippen molar-refractivity contribution in [3.63, 3.8) is 0 Å². The molecule has 0 aliphatic carbocycles. The lowest BCUT2D eigenvalue weighted by Crippen LogP contribution is -2.17. The van der Waals surface area contributed by atoms with Gasteiger partial charge in [0.2, 0.25) is 0 Å². The first-order valence-corrected chi connectivity index (χ1v) is 6.73. The smallest absolute Gasteiger partial charge is 0.175 e. The number of aromatic nitrogens is 1. The van der Waals surface area contributed by atoms with E-state index in [1.54, 1.807) is 0 Å². The Morgan fingerprint density at radius 3 is 2.81 bits per heavy atom. The molecule has 0 bridgehead atoms. The summed E-state index contributed by atoms with van der Waals surface area (Å²) in [6.07, 6.45) is 1.68. The first kappa shape index (κ1) is 15.1. The van der Waals surface area contributed by atoms with Crippen LogP contribution >= 0.6 is 0 Å². The third-order valence-electron chi connectivity index (χ3n) is 2.89. The molecule has 0 unspecified atom stereocenters. The normalized spacial score (nSPS) is 12.0. The molecule has 112 valence electrons. The number of oxime groups is 1. The van der Waals surface area contributed by atoms with Gasteiger partial charge in [-0.15, -0.1) is 0 Å². The van der Waals surface area contributed by atoms with Crippen LogP contribution in [0.5, 0.6) is 5.75 Å². The summed E-state index contributed by atoms with van der Waals surface area (Å²) in [6, 6.07) is 7.54. The van der Waals surface area contributed by atoms with Crippen molar-refractivity contribution in [3.8, 4) is 5.75 Å². The molecule has 0 spiro atoms. The average molecular weight is 289 g/mol. The van der Waals surface area contributed by atoms with Crippen LogP contribution < -0.4 is 10.5 Å². The Labute approximate surface area is 123 Å². The molecule has 0 fully saturated rings. The molecule has 0 saturated carbocycles. The lowest BCUT2D eigenvalue weighted by atomic mass is 10.1. The number of pyridine rings is 1. The third-order valence-corrected chi connectivity index (χ3v) is 2.89. The van der Waals surface area contributed by atoms with E-state index >= 15 is 0 Å². The van der Waals surface area contributed by atoms with E-state index in [0.717, 1.165) is 10.9 Å². The van der Waals surface area contributed by atoms with Gasteiger partial charge in [-0.05, 0) is 26.0 Å². The molecule has 3 N–H and O–H groups in total. The van der Waals surface area contributed by atoms with Gasteiger partial charge in [0.1, 0.15) is 12.4 Å². The standard InChI is InChI=1S/C15H19N3O3/c1-10(2)20-7-8-21-14-11-5-3-4-6-13(11)17-9-12(14)15(16)18-19/h3-6,9-10,19H,7-8H2,1-2H3,(H2,16,18). The molecule has 0 aliphatic heterocycles. The summed E-state index contributed by atoms with van der Waals surface area (Å²) in [5.74, 6) is 0.510. The summed E-state index contributed by atoms with van der Waals surface area (Å²) in [5.41, 5.74) is 6.93. The highest BCUT2D eigenvalue weighted by atomic mass is 16.5. The van der Waals surface area contributed by atoms with Gasteiger partial charge in [-0.25, -0.2) is 0 Å². The number of fused-ring (bicyclic) bond motifs is 1. The fourth-order valence-corrected chi connectivity index (χ4v) is 1.94. The molecule has 2 aromatic rings. The number of hydrogen-bond donors (Lipinski definition) is 2. The SMILES string of the molecule is CC(C)OCCOc1c(/C(N)=N/O)cnc2ccccc12. The van der Waals surface area contributed by atoms with E-state index in [0.29, 0.717) is 24.5 Å². The quantitative estimate of drug-likeness (QED) is 0.279. The van der Waals surface area contributed by atoms with E-state index in [-0.39, 0.29) is 11.9 Å². The molecule has 1 aromatic carbocycles. The minimum atomic E-state index is -0.0342. The minimum absolute atomic E-state index is 0.0342. The molecule has 6 heteroatoms. The number of amidine groups is 1. The van der Waals surface area contributed by atoms with Crippen LogP contribution in [0.4, 0.5) is 0 Å². The Balaban J connectivity index is 2.32. The summed E-state index contributed by atoms with van der Waals surface area (Å²) in [5, 5.41) is 12.7. The molecule has 1 heterocycles. The van der Waals surface area contributed by atoms with Crippen LogP contribution in [0.25, 0.3) is 10.9 Å². The van der Waals surface area contributed by atoms with Gasteiger partial charge in [0.15, 0.2) is 5.84 Å². The largest absolute Gasteiger partial charge is 0.490 e. The van der Waals surface area contributed by atoms with Crippen molar-refractivity contribution in [3.05, 3.63) is 36.0 Å². The van der Waals surface area contributed by atoms with Crippen LogP contribution in [-0.4, -0.2) is 35.3 Å². The highest BCUT2D eigenvalue weighted by Crippen LogP contribution is 2.28. The number of nitrogens with two attached hydrogens (primary N) is 1. The molecule has 6 nitrogen and oxygen atoms in total. The summed E-state index contributed by atoms with van der Waals surface area (Å²) >= 11 is 0. The van der Waals surface area contributed by atoms with Gasteiger partial charge in [0.05, 0.1) is 23.8 Å². The van der Waals surface area contributed by atoms with Gasteiger partial charge < -0.3 is 20.4 Å². The van der Waals surface area contributed by atoms with Crippen molar-refractivity contribution in [1.29, 1.82) is 0 Å². The zero-order chi connectivity index (χ0) is 15.2. The van der Waals surface area contributed by atoms with Crippen LogP contribution in [0, 0.1) is 0 Å². The Morgan fingerprint density at radius 2 is 2.10 bits per heavy atom. The lowest BCUT2D eigenvalue weighted by molar-refractivity contribution is 0.0555. The molecule has 2 rings (SSSR count). The van der Waals surface area contributed by atoms with Crippen LogP contribution in [-0.2, 0) is 4.74 Å². The molecule has 0 aliphatic rings. The Kier molecular flexibility index (Phi) is 4.94. The maximum Gasteiger partial charge on any atom is 0.175 e. The number of benzene rings is 1. The Hall–Kier alpha value is -2.34. The highest BCUT2D eigenvalue weighted by molar-refractivity contribution is 6.04. The van der Waals surface area contributed by atoms with Gasteiger partial charge >= 0.3 is 0 Å². The number of nitrogens with zero attached hydrogens (tertiary/aromatic N) is 2. The van der Waals surface area contributed by atoms with E-state index in [2.05, 4.69) is 10.1 Å². The summed E-state index contributed by atoms with van der Waals surface area (Å²) in [7, 11) is 0. The fraction of sp³-hybridized carbons (Fsp3) is 0.333. The van der Waals surface area contributed by atoms with Crippen molar-refractivity contribution in [2.45, 2.75) is 20.0 Å². The molecule has 0 saturated heterocycles. The predicted octanol–water partition coefficient (Wildman–Crippen LogP) is 2.13. The molecule has 1 aromatic heterocycles. The summed E-state index contributed by atoms with van der Waals surface area (Å²) < 4.78 is 11.2. The van der Waals surface area contributed by atoms with E-state index in [1.807, 2.05) is 38.1 Å². The number of ether oxygens (including phenoxy) is 2. The van der Waals surface area contributed by atoms with E-state index < -0.39 is 0 Å². The van der Waals surface area contributed by atoms with Crippen LogP contribution in [0.15, 0.2) is 35.6 Å². The predicted molar refractivity (Wildman–Crippen MR) is 80.8 cm³/mol. The lowest BCUT2D eigenvalue weighted by Gasteiger charge is -2.14. The topological polar surface area (TPSA) is 90.0 Å². The van der Waals surface area contributed by atoms with Crippen LogP contribution in [0.1, 0.15) is 19.4 Å². The van der Waals surface area contributed by atoms with Gasteiger partial charge in [-0.2, -0.15) is 0 Å². The Morgan fingerprint density at radius 1 is 1.33 bits per heavy atom. The number of hydrogen-bond acceptors (Lipinski definition) is 5. The fourth-order valence-electron chi connectivity index (χ4n) is 1.94. The van der Waals surface area contributed by atoms with Crippen molar-refractivity contribution < 1.29 is 14.7 Å². The van der Waals surface area contributed by atoms with Gasteiger partial charge in [-0.1, -0.05) is 17.3 Å². The molecule has 0 amide bonds. The second-order valence-corrected chi connectivity index (χ2v) is 4.77. The van der Waals surface area contributed by atoms with E-state index in [1.165, 1.54) is 6.20 Å². The summed E-state index contributed by atoms with van der Waals surface area (Å²) in [4.78, 5) is 4.28. The minimum Gasteiger partial charge on any atom is -0.490 e. The van der Waals surface area contributed by atoms with Crippen molar-refractivity contribution in [2.75, 3.05) is 13.2 Å². The first-order chi connectivity index (χ1) is 10.1. The molecule has 21 heavy (non-hydrogen) atoms. The number of rotatable bonds is 6. The zero-order valence-electron chi connectivity index (χ0n) is 12.1. The highest BCUT2D eigenvalue weighted by Gasteiger charge is 2.13. The maximum atomic E-state index is 8.88. The van der Waals surface area contributed by atoms with Crippen molar-refractivity contribution >= 4 is 16.7 Å².